The lowest BCUT2D eigenvalue weighted by molar-refractivity contribution is 0.401. The van der Waals surface area contributed by atoms with Crippen LogP contribution in [0.4, 0.5) is 20.2 Å². The van der Waals surface area contributed by atoms with E-state index in [-0.39, 0.29) is 17.1 Å². The summed E-state index contributed by atoms with van der Waals surface area (Å²) in [7, 11) is 0. The molecule has 1 fully saturated rings. The fourth-order valence-electron chi connectivity index (χ4n) is 2.63. The van der Waals surface area contributed by atoms with E-state index in [1.165, 1.54) is 18.2 Å². The van der Waals surface area contributed by atoms with Crippen molar-refractivity contribution < 1.29 is 8.78 Å². The summed E-state index contributed by atoms with van der Waals surface area (Å²) in [6.45, 7) is 3.93. The Kier molecular flexibility index (Phi) is 4.83. The number of nitrogens with two attached hydrogens (primary N) is 1. The van der Waals surface area contributed by atoms with E-state index < -0.39 is 12.0 Å². The quantitative estimate of drug-likeness (QED) is 0.509. The van der Waals surface area contributed by atoms with Gasteiger partial charge in [0.05, 0.1) is 11.4 Å². The minimum Gasteiger partial charge on any atom is -0.398 e. The van der Waals surface area contributed by atoms with Gasteiger partial charge in [-0.15, -0.1) is 0 Å². The average Bonchev–Trinajstić information content (AvgIpc) is 3.41. The Bertz CT molecular complexity index is 801. The Hall–Kier alpha value is -2.69. The van der Waals surface area contributed by atoms with Crippen LogP contribution >= 0.6 is 0 Å². The molecule has 0 radical (unpaired) electrons. The van der Waals surface area contributed by atoms with E-state index in [0.717, 1.165) is 24.1 Å². The summed E-state index contributed by atoms with van der Waals surface area (Å²) in [5.41, 5.74) is 8.57. The molecule has 1 aromatic rings. The average molecular weight is 341 g/mol. The van der Waals surface area contributed by atoms with Crippen molar-refractivity contribution in [3.63, 3.8) is 0 Å². The van der Waals surface area contributed by atoms with Gasteiger partial charge >= 0.3 is 0 Å². The molecule has 2 aliphatic carbocycles. The summed E-state index contributed by atoms with van der Waals surface area (Å²) in [6.07, 6.45) is 9.76. The second-order valence-corrected chi connectivity index (χ2v) is 6.41. The van der Waals surface area contributed by atoms with Crippen LogP contribution in [0.2, 0.25) is 0 Å². The largest absolute Gasteiger partial charge is 0.398 e. The first-order chi connectivity index (χ1) is 11.9. The van der Waals surface area contributed by atoms with Gasteiger partial charge in [-0.25, -0.2) is 8.78 Å². The van der Waals surface area contributed by atoms with Crippen molar-refractivity contribution in [1.82, 2.24) is 0 Å². The van der Waals surface area contributed by atoms with Crippen LogP contribution in [-0.4, -0.2) is 11.9 Å². The third-order valence-electron chi connectivity index (χ3n) is 4.31. The Labute approximate surface area is 146 Å². The molecule has 1 aromatic carbocycles. The van der Waals surface area contributed by atoms with Crippen LogP contribution < -0.4 is 11.1 Å². The number of benzene rings is 1. The molecular formula is C20H21F2N3. The van der Waals surface area contributed by atoms with Gasteiger partial charge in [0.15, 0.2) is 0 Å². The number of halogens is 2. The van der Waals surface area contributed by atoms with E-state index in [1.807, 2.05) is 0 Å². The molecule has 2 aliphatic rings. The van der Waals surface area contributed by atoms with E-state index in [1.54, 1.807) is 24.3 Å². The lowest BCUT2D eigenvalue weighted by Gasteiger charge is -2.13. The van der Waals surface area contributed by atoms with Crippen molar-refractivity contribution in [3.8, 4) is 0 Å². The molecule has 0 bridgehead atoms. The van der Waals surface area contributed by atoms with Crippen LogP contribution in [0.5, 0.6) is 0 Å². The third-order valence-corrected chi connectivity index (χ3v) is 4.31. The summed E-state index contributed by atoms with van der Waals surface area (Å²) >= 11 is 0. The number of anilines is 2. The molecule has 1 atom stereocenters. The van der Waals surface area contributed by atoms with Crippen LogP contribution in [-0.2, 0) is 0 Å². The highest BCUT2D eigenvalue weighted by molar-refractivity contribution is 6.10. The molecule has 1 saturated carbocycles. The Morgan fingerprint density at radius 1 is 1.36 bits per heavy atom. The molecule has 3 nitrogen and oxygen atoms in total. The Balaban J connectivity index is 1.77. The molecule has 0 saturated heterocycles. The number of hydrogen-bond acceptors (Lipinski definition) is 3. The number of nitrogen functional groups attached to an aromatic ring is 1. The monoisotopic (exact) mass is 341 g/mol. The second-order valence-electron chi connectivity index (χ2n) is 6.41. The van der Waals surface area contributed by atoms with E-state index in [9.17, 15) is 8.78 Å². The maximum Gasteiger partial charge on any atom is 0.148 e. The summed E-state index contributed by atoms with van der Waals surface area (Å²) < 4.78 is 27.2. The molecule has 0 amide bonds. The van der Waals surface area contributed by atoms with Gasteiger partial charge in [-0.05, 0) is 48.6 Å². The number of alkyl halides is 1. The summed E-state index contributed by atoms with van der Waals surface area (Å²) in [6, 6.07) is 2.75. The summed E-state index contributed by atoms with van der Waals surface area (Å²) in [4.78, 5) is 0. The van der Waals surface area contributed by atoms with Gasteiger partial charge in [0.2, 0.25) is 0 Å². The highest BCUT2D eigenvalue weighted by atomic mass is 19.1. The van der Waals surface area contributed by atoms with Gasteiger partial charge in [-0.2, -0.15) is 0 Å². The molecule has 0 aromatic heterocycles. The van der Waals surface area contributed by atoms with E-state index >= 15 is 0 Å². The number of hydrogen-bond donors (Lipinski definition) is 3. The van der Waals surface area contributed by atoms with Crippen molar-refractivity contribution in [1.29, 1.82) is 5.41 Å². The first-order valence-corrected chi connectivity index (χ1v) is 8.28. The SMILES string of the molecule is C=C(Nc1cc(C(=N)/C=C/C2=CCC(F)C=C2)c(N)cc1F)C1CC1. The van der Waals surface area contributed by atoms with Gasteiger partial charge in [0, 0.05) is 23.4 Å². The zero-order valence-electron chi connectivity index (χ0n) is 13.9. The van der Waals surface area contributed by atoms with E-state index in [2.05, 4.69) is 11.9 Å². The summed E-state index contributed by atoms with van der Waals surface area (Å²) in [5.74, 6) is -0.0733. The lowest BCUT2D eigenvalue weighted by Crippen LogP contribution is -2.07. The smallest absolute Gasteiger partial charge is 0.148 e. The number of nitrogens with one attached hydrogen (secondary N) is 2. The van der Waals surface area contributed by atoms with E-state index in [0.29, 0.717) is 17.9 Å². The molecule has 0 aliphatic heterocycles. The molecule has 0 spiro atoms. The molecule has 1 unspecified atom stereocenters. The fraction of sp³-hybridized carbons (Fsp3) is 0.250. The van der Waals surface area contributed by atoms with Crippen molar-refractivity contribution >= 4 is 17.1 Å². The highest BCUT2D eigenvalue weighted by Crippen LogP contribution is 2.36. The number of allylic oxidation sites excluding steroid dienone is 7. The van der Waals surface area contributed by atoms with E-state index in [4.69, 9.17) is 11.1 Å². The topological polar surface area (TPSA) is 61.9 Å². The van der Waals surface area contributed by atoms with Gasteiger partial charge in [0.1, 0.15) is 12.0 Å². The van der Waals surface area contributed by atoms with Crippen LogP contribution in [0.1, 0.15) is 24.8 Å². The normalized spacial score (nSPS) is 19.8. The highest BCUT2D eigenvalue weighted by Gasteiger charge is 2.25. The molecule has 0 heterocycles. The molecule has 3 rings (SSSR count). The van der Waals surface area contributed by atoms with Crippen molar-refractivity contribution in [2.75, 3.05) is 11.1 Å². The molecule has 4 N–H and O–H groups in total. The Morgan fingerprint density at radius 3 is 2.76 bits per heavy atom. The van der Waals surface area contributed by atoms with Crippen LogP contribution in [0.25, 0.3) is 0 Å². The molecular weight excluding hydrogens is 320 g/mol. The first-order valence-electron chi connectivity index (χ1n) is 8.28. The maximum absolute atomic E-state index is 14.1. The minimum atomic E-state index is -0.947. The van der Waals surface area contributed by atoms with Crippen LogP contribution in [0.15, 0.2) is 60.4 Å². The van der Waals surface area contributed by atoms with Gasteiger partial charge in [-0.1, -0.05) is 24.8 Å². The van der Waals surface area contributed by atoms with Gasteiger partial charge < -0.3 is 16.5 Å². The maximum atomic E-state index is 14.1. The van der Waals surface area contributed by atoms with Gasteiger partial charge in [0.25, 0.3) is 0 Å². The zero-order valence-corrected chi connectivity index (χ0v) is 13.9. The van der Waals surface area contributed by atoms with Crippen molar-refractivity contribution in [3.05, 3.63) is 71.7 Å². The fourth-order valence-corrected chi connectivity index (χ4v) is 2.63. The van der Waals surface area contributed by atoms with Crippen molar-refractivity contribution in [2.24, 2.45) is 5.92 Å². The molecule has 130 valence electrons. The zero-order chi connectivity index (χ0) is 18.0. The van der Waals surface area contributed by atoms with Crippen LogP contribution in [0.3, 0.4) is 0 Å². The predicted octanol–water partition coefficient (Wildman–Crippen LogP) is 4.89. The second kappa shape index (κ2) is 7.05. The third kappa shape index (κ3) is 4.24. The summed E-state index contributed by atoms with van der Waals surface area (Å²) in [5, 5.41) is 11.2. The predicted molar refractivity (Wildman–Crippen MR) is 99.0 cm³/mol. The molecule has 5 heteroatoms. The Morgan fingerprint density at radius 2 is 2.12 bits per heavy atom. The van der Waals surface area contributed by atoms with Crippen molar-refractivity contribution in [2.45, 2.75) is 25.4 Å². The first kappa shape index (κ1) is 17.1. The standard InChI is InChI=1S/C20H21F2N3/c1-12(14-5-6-14)25-20-10-16(19(24)11-17(20)22)18(23)9-4-13-2-7-15(21)8-3-13/h2-4,7,9-11,14-15,23,25H,1,5-6,8,24H2/b9-4+,23-18?. The molecule has 25 heavy (non-hydrogen) atoms. The van der Waals surface area contributed by atoms with Crippen LogP contribution in [0, 0.1) is 17.1 Å². The van der Waals surface area contributed by atoms with Gasteiger partial charge in [-0.3, -0.25) is 0 Å². The number of rotatable bonds is 6. The minimum absolute atomic E-state index is 0.161. The lowest BCUT2D eigenvalue weighted by atomic mass is 10.0.